The molecule has 0 aromatic rings. The molecule has 1 amide bonds. The number of hydrogen-bond donors (Lipinski definition) is 5. The Balaban J connectivity index is 2.74. The molecule has 17 heavy (non-hydrogen) atoms. The molecule has 1 fully saturated rings. The number of carbonyl (C=O) groups excluding carboxylic acids is 1. The van der Waals surface area contributed by atoms with Crippen molar-refractivity contribution in [3.05, 3.63) is 0 Å². The van der Waals surface area contributed by atoms with Crippen LogP contribution >= 0.6 is 0 Å². The smallest absolute Gasteiger partial charge is 0.217 e. The normalized spacial score (nSPS) is 32.9. The van der Waals surface area contributed by atoms with Crippen LogP contribution in [0, 0.1) is 0 Å². The molecule has 0 aromatic heterocycles. The summed E-state index contributed by atoms with van der Waals surface area (Å²) >= 11 is 0. The van der Waals surface area contributed by atoms with Crippen LogP contribution in [-0.2, 0) is 9.53 Å². The van der Waals surface area contributed by atoms with Crippen LogP contribution in [0.1, 0.15) is 13.3 Å². The Labute approximate surface area is 99.0 Å². The van der Waals surface area contributed by atoms with E-state index in [9.17, 15) is 20.1 Å². The lowest BCUT2D eigenvalue weighted by atomic mass is 9.93. The van der Waals surface area contributed by atoms with Gasteiger partial charge in [0.1, 0.15) is 18.3 Å². The molecule has 5 atom stereocenters. The maximum absolute atomic E-state index is 11.0. The second-order valence-electron chi connectivity index (χ2n) is 4.16. The van der Waals surface area contributed by atoms with E-state index in [0.717, 1.165) is 0 Å². The van der Waals surface area contributed by atoms with Crippen LogP contribution in [0.3, 0.4) is 0 Å². The van der Waals surface area contributed by atoms with Crippen LogP contribution in [0.5, 0.6) is 0 Å². The van der Waals surface area contributed by atoms with Crippen molar-refractivity contribution in [3.8, 4) is 0 Å². The second kappa shape index (κ2) is 6.27. The fraction of sp³-hybridized carbons (Fsp3) is 0.900. The topological polar surface area (TPSA) is 119 Å². The van der Waals surface area contributed by atoms with Crippen LogP contribution in [0.25, 0.3) is 0 Å². The van der Waals surface area contributed by atoms with Crippen LogP contribution < -0.4 is 5.32 Å². The summed E-state index contributed by atoms with van der Waals surface area (Å²) in [6, 6.07) is -0.794. The minimum atomic E-state index is -1.37. The zero-order valence-corrected chi connectivity index (χ0v) is 9.61. The minimum Gasteiger partial charge on any atom is -0.394 e. The highest BCUT2D eigenvalue weighted by molar-refractivity contribution is 5.73. The van der Waals surface area contributed by atoms with E-state index in [2.05, 4.69) is 5.32 Å². The lowest BCUT2D eigenvalue weighted by Gasteiger charge is -2.39. The molecule has 0 saturated carbocycles. The van der Waals surface area contributed by atoms with Crippen molar-refractivity contribution in [2.45, 2.75) is 43.8 Å². The first-order valence-corrected chi connectivity index (χ1v) is 5.51. The first kappa shape index (κ1) is 14.3. The first-order valence-electron chi connectivity index (χ1n) is 5.51. The lowest BCUT2D eigenvalue weighted by Crippen LogP contribution is -2.60. The van der Waals surface area contributed by atoms with Crippen molar-refractivity contribution in [1.82, 2.24) is 5.32 Å². The van der Waals surface area contributed by atoms with E-state index in [1.807, 2.05) is 0 Å². The summed E-state index contributed by atoms with van der Waals surface area (Å²) in [6.45, 7) is 0.883. The van der Waals surface area contributed by atoms with Gasteiger partial charge < -0.3 is 30.5 Å². The lowest BCUT2D eigenvalue weighted by molar-refractivity contribution is -0.156. The SMILES string of the molecule is CC(=O)NC1C(O)CCOC1C(O)C(O)CO. The van der Waals surface area contributed by atoms with Crippen molar-refractivity contribution >= 4 is 5.91 Å². The van der Waals surface area contributed by atoms with E-state index in [1.54, 1.807) is 0 Å². The number of aliphatic hydroxyl groups is 4. The van der Waals surface area contributed by atoms with Crippen LogP contribution in [0.15, 0.2) is 0 Å². The fourth-order valence-electron chi connectivity index (χ4n) is 1.88. The van der Waals surface area contributed by atoms with E-state index >= 15 is 0 Å². The molecule has 5 N–H and O–H groups in total. The Morgan fingerprint density at radius 2 is 2.18 bits per heavy atom. The molecule has 7 nitrogen and oxygen atoms in total. The molecule has 1 aliphatic rings. The van der Waals surface area contributed by atoms with Crippen LogP contribution in [-0.4, -0.2) is 70.0 Å². The average Bonchev–Trinajstić information content (AvgIpc) is 2.29. The standard InChI is InChI=1S/C10H19NO6/c1-5(13)11-8-6(14)2-3-17-10(8)9(16)7(15)4-12/h6-10,12,14-16H,2-4H2,1H3,(H,11,13). The number of aliphatic hydroxyl groups excluding tert-OH is 4. The molecule has 1 aliphatic heterocycles. The van der Waals surface area contributed by atoms with Crippen molar-refractivity contribution in [3.63, 3.8) is 0 Å². The molecule has 0 bridgehead atoms. The number of amides is 1. The Hall–Kier alpha value is -0.730. The third-order valence-corrected chi connectivity index (χ3v) is 2.78. The number of rotatable bonds is 4. The fourth-order valence-corrected chi connectivity index (χ4v) is 1.88. The molecule has 5 unspecified atom stereocenters. The van der Waals surface area contributed by atoms with Gasteiger partial charge in [-0.3, -0.25) is 4.79 Å². The largest absolute Gasteiger partial charge is 0.394 e. The quantitative estimate of drug-likeness (QED) is 0.371. The van der Waals surface area contributed by atoms with Crippen molar-refractivity contribution in [2.75, 3.05) is 13.2 Å². The Morgan fingerprint density at radius 1 is 1.53 bits per heavy atom. The van der Waals surface area contributed by atoms with Gasteiger partial charge in [-0.15, -0.1) is 0 Å². The van der Waals surface area contributed by atoms with Gasteiger partial charge >= 0.3 is 0 Å². The maximum atomic E-state index is 11.0. The van der Waals surface area contributed by atoms with E-state index < -0.39 is 37.1 Å². The monoisotopic (exact) mass is 249 g/mol. The average molecular weight is 249 g/mol. The number of carbonyl (C=O) groups is 1. The summed E-state index contributed by atoms with van der Waals surface area (Å²) in [6.07, 6.45) is -4.19. The van der Waals surface area contributed by atoms with Crippen LogP contribution in [0.4, 0.5) is 0 Å². The minimum absolute atomic E-state index is 0.219. The highest BCUT2D eigenvalue weighted by atomic mass is 16.5. The predicted molar refractivity (Wildman–Crippen MR) is 57.1 cm³/mol. The zero-order valence-electron chi connectivity index (χ0n) is 9.61. The molecule has 7 heteroatoms. The van der Waals surface area contributed by atoms with Crippen molar-refractivity contribution in [1.29, 1.82) is 0 Å². The van der Waals surface area contributed by atoms with Crippen LogP contribution in [0.2, 0.25) is 0 Å². The molecule has 100 valence electrons. The van der Waals surface area contributed by atoms with Gasteiger partial charge in [0, 0.05) is 13.5 Å². The summed E-state index contributed by atoms with van der Waals surface area (Å²) in [7, 11) is 0. The van der Waals surface area contributed by atoms with Crippen molar-refractivity contribution < 1.29 is 30.0 Å². The zero-order chi connectivity index (χ0) is 13.0. The van der Waals surface area contributed by atoms with Gasteiger partial charge in [-0.1, -0.05) is 0 Å². The highest BCUT2D eigenvalue weighted by Crippen LogP contribution is 2.19. The molecule has 0 aromatic carbocycles. The maximum Gasteiger partial charge on any atom is 0.217 e. The van der Waals surface area contributed by atoms with E-state index in [0.29, 0.717) is 6.42 Å². The second-order valence-corrected chi connectivity index (χ2v) is 4.16. The van der Waals surface area contributed by atoms with E-state index in [4.69, 9.17) is 9.84 Å². The van der Waals surface area contributed by atoms with E-state index in [-0.39, 0.29) is 12.5 Å². The van der Waals surface area contributed by atoms with Gasteiger partial charge in [0.2, 0.25) is 5.91 Å². The molecule has 1 heterocycles. The predicted octanol–water partition coefficient (Wildman–Crippen LogP) is -2.64. The molecule has 1 saturated heterocycles. The van der Waals surface area contributed by atoms with Gasteiger partial charge in [-0.05, 0) is 6.42 Å². The Bertz CT molecular complexity index is 261. The highest BCUT2D eigenvalue weighted by Gasteiger charge is 2.40. The molecule has 0 spiro atoms. The Morgan fingerprint density at radius 3 is 2.71 bits per heavy atom. The molecule has 0 aliphatic carbocycles. The van der Waals surface area contributed by atoms with Gasteiger partial charge in [0.05, 0.1) is 18.8 Å². The summed E-state index contributed by atoms with van der Waals surface area (Å²) in [5, 5.41) is 40.1. The number of nitrogens with one attached hydrogen (secondary N) is 1. The summed E-state index contributed by atoms with van der Waals surface area (Å²) in [5.41, 5.74) is 0. The number of ether oxygens (including phenoxy) is 1. The summed E-state index contributed by atoms with van der Waals surface area (Å²) in [4.78, 5) is 11.0. The van der Waals surface area contributed by atoms with Crippen molar-refractivity contribution in [2.24, 2.45) is 0 Å². The summed E-state index contributed by atoms with van der Waals surface area (Å²) in [5.74, 6) is -0.366. The third-order valence-electron chi connectivity index (χ3n) is 2.78. The molecule has 0 radical (unpaired) electrons. The van der Waals surface area contributed by atoms with Gasteiger partial charge in [-0.2, -0.15) is 0 Å². The summed E-state index contributed by atoms with van der Waals surface area (Å²) < 4.78 is 5.25. The van der Waals surface area contributed by atoms with E-state index in [1.165, 1.54) is 6.92 Å². The van der Waals surface area contributed by atoms with Gasteiger partial charge in [0.25, 0.3) is 0 Å². The van der Waals surface area contributed by atoms with Gasteiger partial charge in [0.15, 0.2) is 0 Å². The third kappa shape index (κ3) is 3.62. The first-order chi connectivity index (χ1) is 7.97. The molecular formula is C10H19NO6. The molecular weight excluding hydrogens is 230 g/mol. The number of hydrogen-bond acceptors (Lipinski definition) is 6. The van der Waals surface area contributed by atoms with Gasteiger partial charge in [-0.25, -0.2) is 0 Å². The molecule has 1 rings (SSSR count). The Kier molecular flexibility index (Phi) is 5.29.